The second-order valence-electron chi connectivity index (χ2n) is 3.60. The Labute approximate surface area is 111 Å². The van der Waals surface area contributed by atoms with Gasteiger partial charge in [0.05, 0.1) is 12.8 Å². The van der Waals surface area contributed by atoms with Crippen LogP contribution in [0.25, 0.3) is 0 Å². The minimum Gasteiger partial charge on any atom is -0.465 e. The van der Waals surface area contributed by atoms with Crippen molar-refractivity contribution in [1.29, 1.82) is 5.26 Å². The number of nitrogens with two attached hydrogens (primary N) is 1. The third-order valence-electron chi connectivity index (χ3n) is 2.17. The van der Waals surface area contributed by atoms with E-state index in [1.807, 2.05) is 0 Å². The number of nitriles is 1. The zero-order chi connectivity index (χ0) is 14.8. The quantitative estimate of drug-likeness (QED) is 0.862. The van der Waals surface area contributed by atoms with Gasteiger partial charge >= 0.3 is 12.1 Å². The second kappa shape index (κ2) is 5.36. The molecule has 0 unspecified atom stereocenters. The molecule has 5 nitrogen and oxygen atoms in total. The second-order valence-corrected chi connectivity index (χ2v) is 4.60. The van der Waals surface area contributed by atoms with Crippen LogP contribution < -0.4 is 10.6 Å². The maximum absolute atomic E-state index is 12.3. The van der Waals surface area contributed by atoms with Gasteiger partial charge in [0, 0.05) is 7.05 Å². The van der Waals surface area contributed by atoms with E-state index in [1.165, 1.54) is 7.05 Å². The maximum Gasteiger partial charge on any atom is 0.405 e. The lowest BCUT2D eigenvalue weighted by Crippen LogP contribution is -2.30. The van der Waals surface area contributed by atoms with Crippen LogP contribution >= 0.6 is 11.3 Å². The van der Waals surface area contributed by atoms with Crippen LogP contribution in [0.3, 0.4) is 0 Å². The van der Waals surface area contributed by atoms with Crippen LogP contribution in [-0.2, 0) is 4.74 Å². The number of thiophene rings is 1. The minimum atomic E-state index is -4.42. The molecular weight excluding hydrogens is 283 g/mol. The zero-order valence-electron chi connectivity index (χ0n) is 10.0. The number of anilines is 2. The van der Waals surface area contributed by atoms with Crippen LogP contribution in [0.4, 0.5) is 23.9 Å². The first-order valence-corrected chi connectivity index (χ1v) is 5.71. The number of ether oxygens (including phenoxy) is 1. The molecule has 104 valence electrons. The molecular formula is C10H10F3N3O2S. The monoisotopic (exact) mass is 293 g/mol. The number of alkyl halides is 3. The fourth-order valence-electron chi connectivity index (χ4n) is 1.39. The molecule has 0 fully saturated rings. The lowest BCUT2D eigenvalue weighted by molar-refractivity contribution is -0.119. The number of carbonyl (C=O) groups excluding carboxylic acids is 1. The van der Waals surface area contributed by atoms with Crippen LogP contribution in [0.2, 0.25) is 0 Å². The Morgan fingerprint density at radius 3 is 2.58 bits per heavy atom. The number of rotatable bonds is 3. The van der Waals surface area contributed by atoms with Crippen molar-refractivity contribution in [3.05, 3.63) is 10.4 Å². The minimum absolute atomic E-state index is 0.0160. The highest BCUT2D eigenvalue weighted by atomic mass is 32.1. The number of halogens is 3. The molecule has 19 heavy (non-hydrogen) atoms. The lowest BCUT2D eigenvalue weighted by atomic mass is 10.2. The summed E-state index contributed by atoms with van der Waals surface area (Å²) in [6.07, 6.45) is -4.42. The molecule has 0 bridgehead atoms. The molecule has 0 amide bonds. The molecule has 0 aromatic carbocycles. The molecule has 1 rings (SSSR count). The Bertz CT molecular complexity index is 533. The summed E-state index contributed by atoms with van der Waals surface area (Å²) in [4.78, 5) is 12.1. The molecule has 2 N–H and O–H groups in total. The Hall–Kier alpha value is -1.95. The van der Waals surface area contributed by atoms with Gasteiger partial charge < -0.3 is 15.4 Å². The fourth-order valence-corrected chi connectivity index (χ4v) is 2.44. The summed E-state index contributed by atoms with van der Waals surface area (Å²) in [6, 6.07) is 1.70. The number of hydrogen-bond acceptors (Lipinski definition) is 6. The van der Waals surface area contributed by atoms with Gasteiger partial charge in [0.25, 0.3) is 0 Å². The Morgan fingerprint density at radius 1 is 1.58 bits per heavy atom. The van der Waals surface area contributed by atoms with Gasteiger partial charge in [-0.25, -0.2) is 4.79 Å². The Balaban J connectivity index is 3.22. The normalized spacial score (nSPS) is 10.9. The van der Waals surface area contributed by atoms with E-state index in [0.29, 0.717) is 11.3 Å². The van der Waals surface area contributed by atoms with Gasteiger partial charge in [0.15, 0.2) is 0 Å². The molecule has 9 heteroatoms. The topological polar surface area (TPSA) is 79.3 Å². The summed E-state index contributed by atoms with van der Waals surface area (Å²) < 4.78 is 41.4. The molecule has 0 saturated carbocycles. The van der Waals surface area contributed by atoms with E-state index in [4.69, 9.17) is 11.0 Å². The summed E-state index contributed by atoms with van der Waals surface area (Å²) in [7, 11) is 2.29. The van der Waals surface area contributed by atoms with Crippen molar-refractivity contribution in [1.82, 2.24) is 0 Å². The fraction of sp³-hybridized carbons (Fsp3) is 0.400. The number of nitrogen functional groups attached to an aromatic ring is 1. The van der Waals surface area contributed by atoms with E-state index in [-0.39, 0.29) is 21.1 Å². The van der Waals surface area contributed by atoms with Gasteiger partial charge in [-0.1, -0.05) is 0 Å². The van der Waals surface area contributed by atoms with Crippen molar-refractivity contribution in [3.8, 4) is 6.07 Å². The molecule has 0 spiro atoms. The highest BCUT2D eigenvalue weighted by Crippen LogP contribution is 2.38. The van der Waals surface area contributed by atoms with E-state index < -0.39 is 18.7 Å². The molecule has 0 aliphatic heterocycles. The van der Waals surface area contributed by atoms with E-state index in [1.54, 1.807) is 6.07 Å². The molecule has 0 radical (unpaired) electrons. The molecule has 0 atom stereocenters. The van der Waals surface area contributed by atoms with E-state index in [0.717, 1.165) is 12.0 Å². The van der Waals surface area contributed by atoms with E-state index in [2.05, 4.69) is 4.74 Å². The third kappa shape index (κ3) is 3.29. The summed E-state index contributed by atoms with van der Waals surface area (Å²) in [5.41, 5.74) is 5.25. The molecule has 1 aromatic rings. The van der Waals surface area contributed by atoms with Gasteiger partial charge in [-0.3, -0.25) is 0 Å². The molecule has 0 aliphatic rings. The number of hydrogen-bond donors (Lipinski definition) is 1. The van der Waals surface area contributed by atoms with Gasteiger partial charge in [-0.2, -0.15) is 18.4 Å². The van der Waals surface area contributed by atoms with Gasteiger partial charge in [-0.05, 0) is 0 Å². The smallest absolute Gasteiger partial charge is 0.405 e. The summed E-state index contributed by atoms with van der Waals surface area (Å²) >= 11 is 0.696. The number of esters is 1. The van der Waals surface area contributed by atoms with Crippen LogP contribution in [0.15, 0.2) is 0 Å². The highest BCUT2D eigenvalue weighted by Gasteiger charge is 2.32. The van der Waals surface area contributed by atoms with Gasteiger partial charge in [-0.15, -0.1) is 11.3 Å². The lowest BCUT2D eigenvalue weighted by Gasteiger charge is -2.19. The molecule has 1 heterocycles. The van der Waals surface area contributed by atoms with Crippen LogP contribution in [0.5, 0.6) is 0 Å². The third-order valence-corrected chi connectivity index (χ3v) is 3.47. The Kier molecular flexibility index (Phi) is 4.26. The molecule has 0 aliphatic carbocycles. The van der Waals surface area contributed by atoms with Gasteiger partial charge in [0.1, 0.15) is 28.1 Å². The molecule has 0 saturated heterocycles. The Morgan fingerprint density at radius 2 is 2.16 bits per heavy atom. The van der Waals surface area contributed by atoms with Crippen LogP contribution in [-0.4, -0.2) is 32.8 Å². The first kappa shape index (κ1) is 15.1. The molecule has 1 aromatic heterocycles. The number of methoxy groups -OCH3 is 1. The first-order valence-electron chi connectivity index (χ1n) is 4.89. The predicted octanol–water partition coefficient (Wildman–Crippen LogP) is 1.99. The maximum atomic E-state index is 12.3. The zero-order valence-corrected chi connectivity index (χ0v) is 10.9. The summed E-state index contributed by atoms with van der Waals surface area (Å²) in [5.74, 6) is -0.786. The SMILES string of the molecule is COC(=O)c1sc(N(C)CC(F)(F)F)c(C#N)c1N. The van der Waals surface area contributed by atoms with Crippen LogP contribution in [0.1, 0.15) is 15.2 Å². The van der Waals surface area contributed by atoms with Crippen molar-refractivity contribution in [2.24, 2.45) is 0 Å². The predicted molar refractivity (Wildman–Crippen MR) is 64.1 cm³/mol. The van der Waals surface area contributed by atoms with Crippen molar-refractivity contribution >= 4 is 28.0 Å². The van der Waals surface area contributed by atoms with Gasteiger partial charge in [0.2, 0.25) is 0 Å². The largest absolute Gasteiger partial charge is 0.465 e. The van der Waals surface area contributed by atoms with Crippen molar-refractivity contribution in [2.75, 3.05) is 31.3 Å². The van der Waals surface area contributed by atoms with E-state index in [9.17, 15) is 18.0 Å². The highest BCUT2D eigenvalue weighted by molar-refractivity contribution is 7.18. The summed E-state index contributed by atoms with van der Waals surface area (Å²) in [6.45, 7) is -1.25. The van der Waals surface area contributed by atoms with Crippen molar-refractivity contribution in [3.63, 3.8) is 0 Å². The number of carbonyl (C=O) groups is 1. The standard InChI is InChI=1S/C10H10F3N3O2S/c1-16(4-10(11,12)13)8-5(3-14)6(15)7(19-8)9(17)18-2/h4,15H2,1-2H3. The average molecular weight is 293 g/mol. The first-order chi connectivity index (χ1) is 8.71. The average Bonchev–Trinajstić information content (AvgIpc) is 2.63. The van der Waals surface area contributed by atoms with E-state index >= 15 is 0 Å². The van der Waals surface area contributed by atoms with Crippen molar-refractivity contribution in [2.45, 2.75) is 6.18 Å². The van der Waals surface area contributed by atoms with Crippen LogP contribution in [0, 0.1) is 11.3 Å². The summed E-state index contributed by atoms with van der Waals surface area (Å²) in [5, 5.41) is 8.91. The van der Waals surface area contributed by atoms with Crippen molar-refractivity contribution < 1.29 is 22.7 Å². The number of nitrogens with zero attached hydrogens (tertiary/aromatic N) is 2.